The summed E-state index contributed by atoms with van der Waals surface area (Å²) in [5, 5.41) is 3.83. The van der Waals surface area contributed by atoms with E-state index in [1.165, 1.54) is 41.6 Å². The van der Waals surface area contributed by atoms with Crippen molar-refractivity contribution in [3.05, 3.63) is 71.3 Å². The van der Waals surface area contributed by atoms with E-state index in [2.05, 4.69) is 73.8 Å². The SMILES string of the molecule is CCCCCCOc1ccc2c(c1)C1C=CCC1C(c1cccc(C)c1)N2. The summed E-state index contributed by atoms with van der Waals surface area (Å²) in [6.45, 7) is 5.24. The molecule has 0 fully saturated rings. The highest BCUT2D eigenvalue weighted by molar-refractivity contribution is 5.61. The summed E-state index contributed by atoms with van der Waals surface area (Å²) in [6.07, 6.45) is 10.9. The van der Waals surface area contributed by atoms with Crippen molar-refractivity contribution >= 4 is 5.69 Å². The van der Waals surface area contributed by atoms with Crippen LogP contribution in [0.25, 0.3) is 0 Å². The molecule has 0 saturated carbocycles. The van der Waals surface area contributed by atoms with Gasteiger partial charge in [0, 0.05) is 11.6 Å². The Bertz CT molecular complexity index is 810. The molecule has 3 unspecified atom stereocenters. The molecule has 2 aliphatic rings. The topological polar surface area (TPSA) is 21.3 Å². The third-order valence-electron chi connectivity index (χ3n) is 6.00. The number of ether oxygens (including phenoxy) is 1. The van der Waals surface area contributed by atoms with Gasteiger partial charge >= 0.3 is 0 Å². The first-order valence-corrected chi connectivity index (χ1v) is 10.5. The van der Waals surface area contributed by atoms with Crippen molar-refractivity contribution in [1.82, 2.24) is 0 Å². The molecule has 1 heterocycles. The van der Waals surface area contributed by atoms with Crippen LogP contribution in [0.5, 0.6) is 5.75 Å². The Balaban J connectivity index is 1.53. The van der Waals surface area contributed by atoms with Crippen LogP contribution >= 0.6 is 0 Å². The maximum atomic E-state index is 6.04. The molecule has 4 rings (SSSR count). The molecule has 2 heteroatoms. The fourth-order valence-corrected chi connectivity index (χ4v) is 4.57. The van der Waals surface area contributed by atoms with Crippen LogP contribution in [0.3, 0.4) is 0 Å². The summed E-state index contributed by atoms with van der Waals surface area (Å²) in [7, 11) is 0. The van der Waals surface area contributed by atoms with E-state index < -0.39 is 0 Å². The number of nitrogens with one attached hydrogen (secondary N) is 1. The minimum absolute atomic E-state index is 0.373. The van der Waals surface area contributed by atoms with Crippen LogP contribution in [0.1, 0.15) is 67.7 Å². The minimum Gasteiger partial charge on any atom is -0.494 e. The van der Waals surface area contributed by atoms with Gasteiger partial charge in [-0.05, 0) is 55.0 Å². The summed E-state index contributed by atoms with van der Waals surface area (Å²) < 4.78 is 6.04. The molecule has 1 aliphatic heterocycles. The Morgan fingerprint density at radius 1 is 1.07 bits per heavy atom. The number of benzene rings is 2. The number of unbranched alkanes of at least 4 members (excludes halogenated alkanes) is 3. The van der Waals surface area contributed by atoms with E-state index in [1.54, 1.807) is 0 Å². The monoisotopic (exact) mass is 361 g/mol. The molecular weight excluding hydrogens is 330 g/mol. The van der Waals surface area contributed by atoms with Crippen LogP contribution in [0.15, 0.2) is 54.6 Å². The van der Waals surface area contributed by atoms with Gasteiger partial charge in [0.05, 0.1) is 12.6 Å². The van der Waals surface area contributed by atoms with Gasteiger partial charge in [-0.1, -0.05) is 68.2 Å². The minimum atomic E-state index is 0.373. The third kappa shape index (κ3) is 3.90. The third-order valence-corrected chi connectivity index (χ3v) is 6.00. The predicted molar refractivity (Wildman–Crippen MR) is 114 cm³/mol. The first-order valence-electron chi connectivity index (χ1n) is 10.5. The molecule has 0 amide bonds. The molecule has 0 bridgehead atoms. The second kappa shape index (κ2) is 8.21. The zero-order valence-electron chi connectivity index (χ0n) is 16.6. The van der Waals surface area contributed by atoms with Gasteiger partial charge in [-0.15, -0.1) is 0 Å². The van der Waals surface area contributed by atoms with Gasteiger partial charge in [-0.25, -0.2) is 0 Å². The van der Waals surface area contributed by atoms with E-state index in [4.69, 9.17) is 4.74 Å². The molecule has 2 nitrogen and oxygen atoms in total. The first-order chi connectivity index (χ1) is 13.3. The smallest absolute Gasteiger partial charge is 0.119 e. The second-order valence-corrected chi connectivity index (χ2v) is 8.05. The Morgan fingerprint density at radius 2 is 2.00 bits per heavy atom. The molecule has 142 valence electrons. The van der Waals surface area contributed by atoms with Gasteiger partial charge in [0.15, 0.2) is 0 Å². The van der Waals surface area contributed by atoms with Crippen LogP contribution in [0.4, 0.5) is 5.69 Å². The highest BCUT2D eigenvalue weighted by Crippen LogP contribution is 2.50. The van der Waals surface area contributed by atoms with Crippen molar-refractivity contribution in [3.63, 3.8) is 0 Å². The van der Waals surface area contributed by atoms with Gasteiger partial charge in [0.1, 0.15) is 5.75 Å². The summed E-state index contributed by atoms with van der Waals surface area (Å²) in [4.78, 5) is 0. The molecule has 1 N–H and O–H groups in total. The molecule has 1 aliphatic carbocycles. The van der Waals surface area contributed by atoms with Crippen molar-refractivity contribution in [3.8, 4) is 5.75 Å². The molecule has 3 atom stereocenters. The number of rotatable bonds is 7. The lowest BCUT2D eigenvalue weighted by atomic mass is 9.77. The molecule has 27 heavy (non-hydrogen) atoms. The Morgan fingerprint density at radius 3 is 2.85 bits per heavy atom. The van der Waals surface area contributed by atoms with Crippen LogP contribution in [0.2, 0.25) is 0 Å². The lowest BCUT2D eigenvalue weighted by molar-refractivity contribution is 0.304. The average molecular weight is 362 g/mol. The van der Waals surface area contributed by atoms with Crippen LogP contribution in [-0.2, 0) is 0 Å². The fraction of sp³-hybridized carbons (Fsp3) is 0.440. The van der Waals surface area contributed by atoms with Crippen LogP contribution in [-0.4, -0.2) is 6.61 Å². The maximum absolute atomic E-state index is 6.04. The zero-order chi connectivity index (χ0) is 18.6. The van der Waals surface area contributed by atoms with E-state index in [1.807, 2.05) is 0 Å². The summed E-state index contributed by atoms with van der Waals surface area (Å²) in [5.41, 5.74) is 5.38. The molecule has 0 radical (unpaired) electrons. The van der Waals surface area contributed by atoms with Crippen molar-refractivity contribution in [2.45, 2.75) is 57.9 Å². The van der Waals surface area contributed by atoms with E-state index in [9.17, 15) is 0 Å². The lowest BCUT2D eigenvalue weighted by Gasteiger charge is -2.37. The first kappa shape index (κ1) is 18.2. The van der Waals surface area contributed by atoms with Crippen LogP contribution < -0.4 is 10.1 Å². The predicted octanol–water partition coefficient (Wildman–Crippen LogP) is 6.78. The summed E-state index contributed by atoms with van der Waals surface area (Å²) in [6, 6.07) is 15.9. The van der Waals surface area contributed by atoms with E-state index in [0.29, 0.717) is 17.9 Å². The highest BCUT2D eigenvalue weighted by Gasteiger charge is 2.38. The maximum Gasteiger partial charge on any atom is 0.119 e. The second-order valence-electron chi connectivity index (χ2n) is 8.05. The number of aryl methyl sites for hydroxylation is 1. The van der Waals surface area contributed by atoms with Crippen molar-refractivity contribution in [2.24, 2.45) is 5.92 Å². The zero-order valence-corrected chi connectivity index (χ0v) is 16.6. The molecule has 2 aromatic carbocycles. The molecule has 0 saturated heterocycles. The number of hydrogen-bond acceptors (Lipinski definition) is 2. The van der Waals surface area contributed by atoms with Gasteiger partial charge in [-0.3, -0.25) is 0 Å². The van der Waals surface area contributed by atoms with Gasteiger partial charge in [0.25, 0.3) is 0 Å². The highest BCUT2D eigenvalue weighted by atomic mass is 16.5. The number of fused-ring (bicyclic) bond motifs is 3. The van der Waals surface area contributed by atoms with Crippen LogP contribution in [0, 0.1) is 12.8 Å². The number of allylic oxidation sites excluding steroid dienone is 2. The quantitative estimate of drug-likeness (QED) is 0.433. The van der Waals surface area contributed by atoms with Gasteiger partial charge < -0.3 is 10.1 Å². The molecule has 2 aromatic rings. The molecule has 0 spiro atoms. The van der Waals surface area contributed by atoms with Gasteiger partial charge in [0.2, 0.25) is 0 Å². The average Bonchev–Trinajstić information content (AvgIpc) is 3.17. The van der Waals surface area contributed by atoms with E-state index in [0.717, 1.165) is 25.2 Å². The van der Waals surface area contributed by atoms with Crippen molar-refractivity contribution < 1.29 is 4.74 Å². The Hall–Kier alpha value is -2.22. The fourth-order valence-electron chi connectivity index (χ4n) is 4.57. The normalized spacial score (nSPS) is 22.8. The largest absolute Gasteiger partial charge is 0.494 e. The lowest BCUT2D eigenvalue weighted by Crippen LogP contribution is -2.29. The van der Waals surface area contributed by atoms with E-state index in [-0.39, 0.29) is 0 Å². The molecular formula is C25H31NO. The summed E-state index contributed by atoms with van der Waals surface area (Å²) >= 11 is 0. The number of anilines is 1. The van der Waals surface area contributed by atoms with Crippen molar-refractivity contribution in [1.29, 1.82) is 0 Å². The standard InChI is InChI=1S/C25H31NO/c1-3-4-5-6-15-27-20-13-14-24-23(17-20)21-11-8-12-22(21)25(26-24)19-10-7-9-18(2)16-19/h7-11,13-14,16-17,21-22,25-26H,3-6,12,15H2,1-2H3. The molecule has 0 aromatic heterocycles. The van der Waals surface area contributed by atoms with E-state index >= 15 is 0 Å². The Labute approximate surface area is 163 Å². The van der Waals surface area contributed by atoms with Gasteiger partial charge in [-0.2, -0.15) is 0 Å². The summed E-state index contributed by atoms with van der Waals surface area (Å²) in [5.74, 6) is 2.08. The number of hydrogen-bond donors (Lipinski definition) is 1. The Kier molecular flexibility index (Phi) is 5.52. The van der Waals surface area contributed by atoms with Crippen molar-refractivity contribution in [2.75, 3.05) is 11.9 Å².